The van der Waals surface area contributed by atoms with Gasteiger partial charge < -0.3 is 5.11 Å². The number of hydrogen-bond donors (Lipinski definition) is 1. The predicted octanol–water partition coefficient (Wildman–Crippen LogP) is 3.12. The molecule has 0 amide bonds. The number of carbonyl (C=O) groups is 1. The van der Waals surface area contributed by atoms with Gasteiger partial charge in [0.05, 0.1) is 5.56 Å². The molecule has 2 aromatic rings. The minimum atomic E-state index is -0.984. The normalized spacial score (nSPS) is 10.3. The molecule has 1 aromatic heterocycles. The first kappa shape index (κ1) is 12.9. The van der Waals surface area contributed by atoms with Crippen molar-refractivity contribution < 1.29 is 9.90 Å². The topological polar surface area (TPSA) is 63.1 Å². The first-order valence-electron chi connectivity index (χ1n) is 5.08. The van der Waals surface area contributed by atoms with Crippen LogP contribution < -0.4 is 0 Å². The van der Waals surface area contributed by atoms with Crippen molar-refractivity contribution >= 4 is 29.3 Å². The Morgan fingerprint density at radius 3 is 2.67 bits per heavy atom. The van der Waals surface area contributed by atoms with Crippen molar-refractivity contribution in [1.29, 1.82) is 0 Å². The summed E-state index contributed by atoms with van der Waals surface area (Å²) in [6, 6.07) is 6.45. The third-order valence-electron chi connectivity index (χ3n) is 2.20. The van der Waals surface area contributed by atoms with E-state index in [1.54, 1.807) is 24.5 Å². The van der Waals surface area contributed by atoms with Gasteiger partial charge in [-0.05, 0) is 23.8 Å². The second-order valence-corrected chi connectivity index (χ2v) is 4.78. The smallest absolute Gasteiger partial charge is 0.335 e. The maximum Gasteiger partial charge on any atom is 0.335 e. The summed E-state index contributed by atoms with van der Waals surface area (Å²) in [6.45, 7) is 0. The monoisotopic (exact) mass is 280 g/mol. The van der Waals surface area contributed by atoms with E-state index in [-0.39, 0.29) is 5.56 Å². The van der Waals surface area contributed by atoms with Crippen LogP contribution in [-0.4, -0.2) is 21.0 Å². The maximum absolute atomic E-state index is 10.8. The van der Waals surface area contributed by atoms with Crippen LogP contribution in [0.1, 0.15) is 15.9 Å². The van der Waals surface area contributed by atoms with Gasteiger partial charge in [-0.2, -0.15) is 0 Å². The number of thioether (sulfide) groups is 1. The lowest BCUT2D eigenvalue weighted by Crippen LogP contribution is -1.97. The number of aromatic nitrogens is 2. The third-order valence-corrected chi connectivity index (χ3v) is 3.48. The van der Waals surface area contributed by atoms with Crippen LogP contribution in [0.3, 0.4) is 0 Å². The van der Waals surface area contributed by atoms with Gasteiger partial charge in [0.25, 0.3) is 0 Å². The van der Waals surface area contributed by atoms with Gasteiger partial charge in [0.2, 0.25) is 0 Å². The Balaban J connectivity index is 2.08. The molecule has 2 rings (SSSR count). The van der Waals surface area contributed by atoms with Crippen molar-refractivity contribution in [1.82, 2.24) is 9.97 Å². The summed E-state index contributed by atoms with van der Waals surface area (Å²) in [6.07, 6.45) is 3.34. The summed E-state index contributed by atoms with van der Waals surface area (Å²) >= 11 is 7.47. The molecule has 1 heterocycles. The van der Waals surface area contributed by atoms with E-state index in [0.717, 1.165) is 5.56 Å². The number of carboxylic acids is 1. The highest BCUT2D eigenvalue weighted by molar-refractivity contribution is 7.98. The molecule has 6 heteroatoms. The van der Waals surface area contributed by atoms with E-state index in [0.29, 0.717) is 15.9 Å². The zero-order valence-electron chi connectivity index (χ0n) is 9.21. The molecule has 0 bridgehead atoms. The molecular formula is C12H9ClN2O2S. The van der Waals surface area contributed by atoms with Crippen LogP contribution in [0.2, 0.25) is 5.02 Å². The molecule has 0 aliphatic heterocycles. The minimum Gasteiger partial charge on any atom is -0.478 e. The Morgan fingerprint density at radius 1 is 1.33 bits per heavy atom. The van der Waals surface area contributed by atoms with Gasteiger partial charge in [-0.25, -0.2) is 14.8 Å². The van der Waals surface area contributed by atoms with Crippen LogP contribution in [0, 0.1) is 0 Å². The van der Waals surface area contributed by atoms with E-state index in [1.165, 1.54) is 23.9 Å². The lowest BCUT2D eigenvalue weighted by atomic mass is 10.1. The van der Waals surface area contributed by atoms with E-state index < -0.39 is 5.97 Å². The molecule has 18 heavy (non-hydrogen) atoms. The maximum atomic E-state index is 10.8. The number of aromatic carboxylic acids is 1. The fraction of sp³-hybridized carbons (Fsp3) is 0.0833. The number of hydrogen-bond acceptors (Lipinski definition) is 4. The Labute approximate surface area is 113 Å². The Kier molecular flexibility index (Phi) is 4.17. The first-order chi connectivity index (χ1) is 8.66. The molecule has 0 fully saturated rings. The van der Waals surface area contributed by atoms with Gasteiger partial charge in [0.1, 0.15) is 0 Å². The summed E-state index contributed by atoms with van der Waals surface area (Å²) in [7, 11) is 0. The van der Waals surface area contributed by atoms with Gasteiger partial charge in [-0.3, -0.25) is 0 Å². The first-order valence-corrected chi connectivity index (χ1v) is 6.44. The average molecular weight is 281 g/mol. The highest BCUT2D eigenvalue weighted by Gasteiger charge is 2.07. The van der Waals surface area contributed by atoms with Gasteiger partial charge in [0.15, 0.2) is 5.16 Å². The minimum absolute atomic E-state index is 0.185. The van der Waals surface area contributed by atoms with E-state index in [4.69, 9.17) is 16.7 Å². The van der Waals surface area contributed by atoms with Crippen LogP contribution in [-0.2, 0) is 5.75 Å². The molecule has 0 saturated heterocycles. The fourth-order valence-corrected chi connectivity index (χ4v) is 2.43. The summed E-state index contributed by atoms with van der Waals surface area (Å²) in [5.41, 5.74) is 1.05. The summed E-state index contributed by atoms with van der Waals surface area (Å²) in [4.78, 5) is 18.9. The second-order valence-electron chi connectivity index (χ2n) is 3.43. The summed E-state index contributed by atoms with van der Waals surface area (Å²) < 4.78 is 0. The van der Waals surface area contributed by atoms with E-state index in [9.17, 15) is 4.79 Å². The number of rotatable bonds is 4. The van der Waals surface area contributed by atoms with Crippen LogP contribution >= 0.6 is 23.4 Å². The predicted molar refractivity (Wildman–Crippen MR) is 70.0 cm³/mol. The number of benzene rings is 1. The molecule has 0 saturated carbocycles. The van der Waals surface area contributed by atoms with Crippen LogP contribution in [0.5, 0.6) is 0 Å². The van der Waals surface area contributed by atoms with Crippen molar-refractivity contribution in [2.24, 2.45) is 0 Å². The number of nitrogens with zero attached hydrogens (tertiary/aromatic N) is 2. The fourth-order valence-electron chi connectivity index (χ4n) is 1.30. The SMILES string of the molecule is O=C(O)c1ccc(CSc2ncccn2)c(Cl)c1. The molecule has 1 N–H and O–H groups in total. The third kappa shape index (κ3) is 3.21. The number of carboxylic acid groups (broad SMARTS) is 1. The summed E-state index contributed by atoms with van der Waals surface area (Å²) in [5, 5.41) is 9.93. The van der Waals surface area contributed by atoms with Crippen LogP contribution in [0.25, 0.3) is 0 Å². The van der Waals surface area contributed by atoms with Crippen molar-refractivity contribution in [2.45, 2.75) is 10.9 Å². The Morgan fingerprint density at radius 2 is 2.06 bits per heavy atom. The molecule has 1 aromatic carbocycles. The zero-order chi connectivity index (χ0) is 13.0. The molecule has 0 radical (unpaired) electrons. The lowest BCUT2D eigenvalue weighted by molar-refractivity contribution is 0.0697. The molecule has 0 aliphatic carbocycles. The van der Waals surface area contributed by atoms with E-state index in [2.05, 4.69) is 9.97 Å². The largest absolute Gasteiger partial charge is 0.478 e. The highest BCUT2D eigenvalue weighted by atomic mass is 35.5. The van der Waals surface area contributed by atoms with Crippen molar-refractivity contribution in [3.05, 3.63) is 52.8 Å². The van der Waals surface area contributed by atoms with Crippen molar-refractivity contribution in [2.75, 3.05) is 0 Å². The Hall–Kier alpha value is -1.59. The van der Waals surface area contributed by atoms with E-state index in [1.807, 2.05) is 0 Å². The molecule has 0 aliphatic rings. The van der Waals surface area contributed by atoms with Gasteiger partial charge in [-0.15, -0.1) is 0 Å². The number of halogens is 1. The standard InChI is InChI=1S/C12H9ClN2O2S/c13-10-6-8(11(16)17)2-3-9(10)7-18-12-14-4-1-5-15-12/h1-6H,7H2,(H,16,17). The Bertz CT molecular complexity index is 563. The molecule has 0 spiro atoms. The van der Waals surface area contributed by atoms with Crippen molar-refractivity contribution in [3.8, 4) is 0 Å². The van der Waals surface area contributed by atoms with Gasteiger partial charge >= 0.3 is 5.97 Å². The van der Waals surface area contributed by atoms with Crippen LogP contribution in [0.4, 0.5) is 0 Å². The summed E-state index contributed by atoms with van der Waals surface area (Å²) in [5.74, 6) is -0.384. The van der Waals surface area contributed by atoms with Crippen molar-refractivity contribution in [3.63, 3.8) is 0 Å². The lowest BCUT2D eigenvalue weighted by Gasteiger charge is -2.04. The molecule has 92 valence electrons. The van der Waals surface area contributed by atoms with Gasteiger partial charge in [0, 0.05) is 23.2 Å². The molecule has 4 nitrogen and oxygen atoms in total. The quantitative estimate of drug-likeness (QED) is 0.689. The van der Waals surface area contributed by atoms with Gasteiger partial charge in [-0.1, -0.05) is 29.4 Å². The molecule has 0 unspecified atom stereocenters. The average Bonchev–Trinajstić information content (AvgIpc) is 2.38. The highest BCUT2D eigenvalue weighted by Crippen LogP contribution is 2.25. The van der Waals surface area contributed by atoms with Crippen LogP contribution in [0.15, 0.2) is 41.8 Å². The van der Waals surface area contributed by atoms with E-state index >= 15 is 0 Å². The zero-order valence-corrected chi connectivity index (χ0v) is 10.8. The molecular weight excluding hydrogens is 272 g/mol. The molecule has 0 atom stereocenters. The second kappa shape index (κ2) is 5.84.